The highest BCUT2D eigenvalue weighted by Crippen LogP contribution is 2.45. The number of H-pyrrole nitrogens is 1. The topological polar surface area (TPSA) is 66.3 Å². The highest BCUT2D eigenvalue weighted by Gasteiger charge is 2.43. The average Bonchev–Trinajstić information content (AvgIpc) is 3.45. The number of nitrogens with one attached hydrogen (secondary N) is 1. The first-order valence-corrected chi connectivity index (χ1v) is 10.0. The number of aromatic nitrogens is 4. The Balaban J connectivity index is 1.31. The molecule has 4 aromatic rings. The molecule has 30 heavy (non-hydrogen) atoms. The number of aromatic amines is 1. The van der Waals surface area contributed by atoms with Gasteiger partial charge in [0, 0.05) is 47.4 Å². The van der Waals surface area contributed by atoms with E-state index in [1.165, 1.54) is 28.8 Å². The van der Waals surface area contributed by atoms with E-state index < -0.39 is 6.43 Å². The number of benzene rings is 1. The monoisotopic (exact) mass is 407 g/mol. The van der Waals surface area contributed by atoms with E-state index in [0.29, 0.717) is 24.7 Å². The highest BCUT2D eigenvalue weighted by atomic mass is 19.3. The van der Waals surface area contributed by atoms with Gasteiger partial charge in [-0.05, 0) is 37.0 Å². The number of hydrogen-bond donors (Lipinski definition) is 1. The molecule has 3 aromatic heterocycles. The number of alkyl halides is 2. The third-order valence-corrected chi connectivity index (χ3v) is 6.44. The van der Waals surface area contributed by atoms with Crippen molar-refractivity contribution < 1.29 is 13.6 Å². The van der Waals surface area contributed by atoms with Crippen molar-refractivity contribution in [2.24, 2.45) is 5.92 Å². The molecule has 0 bridgehead atoms. The van der Waals surface area contributed by atoms with Gasteiger partial charge in [-0.3, -0.25) is 4.79 Å². The van der Waals surface area contributed by atoms with Crippen LogP contribution in [0, 0.1) is 12.8 Å². The number of rotatable bonds is 2. The quantitative estimate of drug-likeness (QED) is 0.549. The van der Waals surface area contributed by atoms with Gasteiger partial charge in [0.15, 0.2) is 11.3 Å². The van der Waals surface area contributed by atoms with Crippen molar-refractivity contribution in [1.82, 2.24) is 24.5 Å². The summed E-state index contributed by atoms with van der Waals surface area (Å²) in [6.07, 6.45) is -1.75. The molecule has 2 atom stereocenters. The van der Waals surface area contributed by atoms with Crippen molar-refractivity contribution in [2.45, 2.75) is 25.7 Å². The van der Waals surface area contributed by atoms with E-state index in [2.05, 4.69) is 27.2 Å². The summed E-state index contributed by atoms with van der Waals surface area (Å²) in [4.78, 5) is 22.7. The van der Waals surface area contributed by atoms with E-state index in [9.17, 15) is 13.6 Å². The van der Waals surface area contributed by atoms with Crippen LogP contribution in [-0.4, -0.2) is 43.5 Å². The third kappa shape index (κ3) is 2.42. The van der Waals surface area contributed by atoms with Crippen LogP contribution >= 0.6 is 0 Å². The molecule has 1 amide bonds. The zero-order valence-corrected chi connectivity index (χ0v) is 16.3. The molecule has 1 aliphatic carbocycles. The second-order valence-corrected chi connectivity index (χ2v) is 8.27. The summed E-state index contributed by atoms with van der Waals surface area (Å²) in [6, 6.07) is 11.1. The van der Waals surface area contributed by atoms with E-state index in [0.717, 1.165) is 16.5 Å². The molecule has 0 saturated carbocycles. The minimum absolute atomic E-state index is 0.159. The molecule has 6 rings (SSSR count). The van der Waals surface area contributed by atoms with Crippen LogP contribution in [0.2, 0.25) is 0 Å². The fourth-order valence-corrected chi connectivity index (χ4v) is 5.14. The summed E-state index contributed by atoms with van der Waals surface area (Å²) in [7, 11) is 0. The molecular formula is C22H19F2N5O. The summed E-state index contributed by atoms with van der Waals surface area (Å²) >= 11 is 0. The molecule has 1 fully saturated rings. The predicted octanol–water partition coefficient (Wildman–Crippen LogP) is 3.87. The van der Waals surface area contributed by atoms with Gasteiger partial charge in [0.1, 0.15) is 5.69 Å². The van der Waals surface area contributed by atoms with Crippen LogP contribution < -0.4 is 0 Å². The van der Waals surface area contributed by atoms with Gasteiger partial charge >= 0.3 is 0 Å². The highest BCUT2D eigenvalue weighted by molar-refractivity contribution is 5.94. The first-order chi connectivity index (χ1) is 14.5. The standard InChI is InChI=1S/C22H19F2N5O/c1-11-6-18(21(23)24)29-19(25-11)8-17(27-29)22(30)28-9-12-7-14-13-4-2-3-5-16(13)26-20(14)15(12)10-28/h2-6,8,12,15,21,26H,7,9-10H2,1H3/t12-,15+/m1/s1. The predicted molar refractivity (Wildman–Crippen MR) is 107 cm³/mol. The van der Waals surface area contributed by atoms with Crippen molar-refractivity contribution in [2.75, 3.05) is 13.1 Å². The van der Waals surface area contributed by atoms with Crippen molar-refractivity contribution >= 4 is 22.5 Å². The minimum atomic E-state index is -2.69. The number of aryl methyl sites for hydroxylation is 1. The van der Waals surface area contributed by atoms with Crippen LogP contribution in [0.3, 0.4) is 0 Å². The van der Waals surface area contributed by atoms with E-state index in [1.807, 2.05) is 12.1 Å². The van der Waals surface area contributed by atoms with Gasteiger partial charge in [0.2, 0.25) is 0 Å². The summed E-state index contributed by atoms with van der Waals surface area (Å²) in [5.41, 5.74) is 4.37. The number of likely N-dealkylation sites (tertiary alicyclic amines) is 1. The SMILES string of the molecule is Cc1cc(C(F)F)n2nc(C(=O)N3C[C@H]4Cc5c([nH]c6ccccc56)[C@H]4C3)cc2n1. The number of halogens is 2. The lowest BCUT2D eigenvalue weighted by Gasteiger charge is -2.15. The van der Waals surface area contributed by atoms with Crippen molar-refractivity contribution in [3.8, 4) is 0 Å². The van der Waals surface area contributed by atoms with Crippen LogP contribution in [0.1, 0.15) is 45.5 Å². The van der Waals surface area contributed by atoms with E-state index >= 15 is 0 Å². The Morgan fingerprint density at radius 1 is 1.23 bits per heavy atom. The van der Waals surface area contributed by atoms with Crippen molar-refractivity contribution in [3.05, 3.63) is 64.7 Å². The number of hydrogen-bond acceptors (Lipinski definition) is 3. The smallest absolute Gasteiger partial charge is 0.280 e. The summed E-state index contributed by atoms with van der Waals surface area (Å²) in [6.45, 7) is 2.90. The maximum absolute atomic E-state index is 13.4. The molecule has 1 aliphatic heterocycles. The van der Waals surface area contributed by atoms with Gasteiger partial charge in [0.25, 0.3) is 12.3 Å². The maximum atomic E-state index is 13.4. The Kier molecular flexibility index (Phi) is 3.57. The second-order valence-electron chi connectivity index (χ2n) is 8.27. The minimum Gasteiger partial charge on any atom is -0.358 e. The third-order valence-electron chi connectivity index (χ3n) is 6.44. The van der Waals surface area contributed by atoms with E-state index in [-0.39, 0.29) is 28.9 Å². The van der Waals surface area contributed by atoms with Crippen LogP contribution in [0.4, 0.5) is 8.78 Å². The number of amides is 1. The fraction of sp³-hybridized carbons (Fsp3) is 0.318. The Bertz CT molecular complexity index is 1320. The van der Waals surface area contributed by atoms with Gasteiger partial charge in [-0.2, -0.15) is 5.10 Å². The average molecular weight is 407 g/mol. The number of para-hydroxylation sites is 1. The normalized spacial score (nSPS) is 20.5. The van der Waals surface area contributed by atoms with Crippen LogP contribution in [0.25, 0.3) is 16.6 Å². The molecule has 152 valence electrons. The number of carbonyl (C=O) groups excluding carboxylic acids is 1. The first kappa shape index (κ1) is 17.6. The molecule has 0 spiro atoms. The number of nitrogens with zero attached hydrogens (tertiary/aromatic N) is 4. The molecule has 1 N–H and O–H groups in total. The summed E-state index contributed by atoms with van der Waals surface area (Å²) < 4.78 is 27.9. The molecule has 1 saturated heterocycles. The summed E-state index contributed by atoms with van der Waals surface area (Å²) in [5.74, 6) is 0.407. The Morgan fingerprint density at radius 2 is 2.07 bits per heavy atom. The van der Waals surface area contributed by atoms with Gasteiger partial charge < -0.3 is 9.88 Å². The number of carbonyl (C=O) groups is 1. The van der Waals surface area contributed by atoms with Gasteiger partial charge in [0.05, 0.1) is 0 Å². The summed E-state index contributed by atoms with van der Waals surface area (Å²) in [5, 5.41) is 5.43. The second kappa shape index (κ2) is 6.10. The van der Waals surface area contributed by atoms with Crippen LogP contribution in [-0.2, 0) is 6.42 Å². The molecule has 8 heteroatoms. The van der Waals surface area contributed by atoms with Crippen molar-refractivity contribution in [1.29, 1.82) is 0 Å². The lowest BCUT2D eigenvalue weighted by molar-refractivity contribution is 0.0778. The van der Waals surface area contributed by atoms with Gasteiger partial charge in [-0.15, -0.1) is 0 Å². The number of fused-ring (bicyclic) bond motifs is 6. The molecule has 0 unspecified atom stereocenters. The molecule has 0 radical (unpaired) electrons. The van der Waals surface area contributed by atoms with Crippen LogP contribution in [0.15, 0.2) is 36.4 Å². The van der Waals surface area contributed by atoms with Crippen molar-refractivity contribution in [3.63, 3.8) is 0 Å². The van der Waals surface area contributed by atoms with Gasteiger partial charge in [-0.1, -0.05) is 18.2 Å². The lowest BCUT2D eigenvalue weighted by Crippen LogP contribution is -2.30. The fourth-order valence-electron chi connectivity index (χ4n) is 5.14. The van der Waals surface area contributed by atoms with E-state index in [1.54, 1.807) is 11.8 Å². The molecule has 6 nitrogen and oxygen atoms in total. The van der Waals surface area contributed by atoms with Gasteiger partial charge in [-0.25, -0.2) is 18.3 Å². The molecular weight excluding hydrogens is 388 g/mol. The van der Waals surface area contributed by atoms with Crippen LogP contribution in [0.5, 0.6) is 0 Å². The molecule has 4 heterocycles. The largest absolute Gasteiger partial charge is 0.358 e. The molecule has 1 aromatic carbocycles. The molecule has 2 aliphatic rings. The Labute approximate surface area is 170 Å². The maximum Gasteiger partial charge on any atom is 0.280 e. The lowest BCUT2D eigenvalue weighted by atomic mass is 9.99. The Morgan fingerprint density at radius 3 is 2.90 bits per heavy atom. The zero-order chi connectivity index (χ0) is 20.6. The van der Waals surface area contributed by atoms with E-state index in [4.69, 9.17) is 0 Å². The Hall–Kier alpha value is -3.29. The first-order valence-electron chi connectivity index (χ1n) is 10.0. The zero-order valence-electron chi connectivity index (χ0n) is 16.3.